The molecule has 0 aliphatic rings. The third kappa shape index (κ3) is 3.77. The van der Waals surface area contributed by atoms with E-state index in [-0.39, 0.29) is 11.3 Å². The maximum absolute atomic E-state index is 11.8. The van der Waals surface area contributed by atoms with E-state index in [4.69, 9.17) is 0 Å². The molecule has 1 amide bonds. The Bertz CT molecular complexity index is 166. The number of amides is 1. The second kappa shape index (κ2) is 5.22. The summed E-state index contributed by atoms with van der Waals surface area (Å²) in [6.45, 7) is 7.65. The van der Waals surface area contributed by atoms with Gasteiger partial charge in [-0.05, 0) is 26.9 Å². The molecule has 0 aliphatic heterocycles. The van der Waals surface area contributed by atoms with Crippen molar-refractivity contribution in [3.63, 3.8) is 0 Å². The summed E-state index contributed by atoms with van der Waals surface area (Å²) in [5, 5.41) is 3.06. The minimum Gasteiger partial charge on any atom is -0.346 e. The van der Waals surface area contributed by atoms with Gasteiger partial charge in [0.2, 0.25) is 5.91 Å². The lowest BCUT2D eigenvalue weighted by Gasteiger charge is -2.28. The first-order valence-corrected chi connectivity index (χ1v) is 4.86. The predicted octanol–water partition coefficient (Wildman–Crippen LogP) is 1.10. The Morgan fingerprint density at radius 1 is 1.46 bits per heavy atom. The maximum atomic E-state index is 11.8. The zero-order valence-electron chi connectivity index (χ0n) is 9.48. The highest BCUT2D eigenvalue weighted by atomic mass is 16.2. The van der Waals surface area contributed by atoms with Crippen molar-refractivity contribution in [1.82, 2.24) is 10.2 Å². The number of rotatable bonds is 5. The number of hydrogen-bond donors (Lipinski definition) is 1. The summed E-state index contributed by atoms with van der Waals surface area (Å²) < 4.78 is 0. The number of nitrogens with one attached hydrogen (secondary N) is 1. The largest absolute Gasteiger partial charge is 0.346 e. The molecule has 0 aliphatic carbocycles. The predicted molar refractivity (Wildman–Crippen MR) is 55.6 cm³/mol. The molecule has 0 aromatic rings. The fourth-order valence-corrected chi connectivity index (χ4v) is 1.20. The lowest BCUT2D eigenvalue weighted by molar-refractivity contribution is -0.139. The van der Waals surface area contributed by atoms with Gasteiger partial charge < -0.3 is 10.2 Å². The van der Waals surface area contributed by atoms with E-state index in [1.807, 2.05) is 34.9 Å². The van der Waals surface area contributed by atoms with E-state index in [9.17, 15) is 4.79 Å². The molecule has 13 heavy (non-hydrogen) atoms. The van der Waals surface area contributed by atoms with Gasteiger partial charge in [-0.15, -0.1) is 0 Å². The van der Waals surface area contributed by atoms with Crippen LogP contribution >= 0.6 is 0 Å². The molecule has 0 atom stereocenters. The summed E-state index contributed by atoms with van der Waals surface area (Å²) in [4.78, 5) is 13.6. The molecule has 0 bridgehead atoms. The van der Waals surface area contributed by atoms with Crippen molar-refractivity contribution in [2.24, 2.45) is 5.41 Å². The second-order valence-electron chi connectivity index (χ2n) is 4.06. The van der Waals surface area contributed by atoms with Gasteiger partial charge >= 0.3 is 0 Å². The summed E-state index contributed by atoms with van der Waals surface area (Å²) in [7, 11) is 3.76. The molecule has 0 heterocycles. The lowest BCUT2D eigenvalue weighted by atomic mass is 9.87. The minimum absolute atomic E-state index is 0.227. The van der Waals surface area contributed by atoms with Crippen molar-refractivity contribution in [3.05, 3.63) is 0 Å². The number of carbonyl (C=O) groups is 1. The maximum Gasteiger partial charge on any atom is 0.228 e. The topological polar surface area (TPSA) is 32.3 Å². The fraction of sp³-hybridized carbons (Fsp3) is 0.900. The van der Waals surface area contributed by atoms with Crippen LogP contribution < -0.4 is 5.32 Å². The standard InChI is InChI=1S/C10H22N2O/c1-6-12(5)9(13)10(2,3)7-8-11-4/h11H,6-8H2,1-5H3. The summed E-state index contributed by atoms with van der Waals surface area (Å²) in [5.41, 5.74) is -0.242. The van der Waals surface area contributed by atoms with Crippen molar-refractivity contribution in [3.8, 4) is 0 Å². The van der Waals surface area contributed by atoms with E-state index in [2.05, 4.69) is 5.32 Å². The highest BCUT2D eigenvalue weighted by Gasteiger charge is 2.28. The molecule has 0 unspecified atom stereocenters. The summed E-state index contributed by atoms with van der Waals surface area (Å²) in [6, 6.07) is 0. The molecule has 0 saturated heterocycles. The Kier molecular flexibility index (Phi) is 4.99. The van der Waals surface area contributed by atoms with Gasteiger partial charge in [-0.2, -0.15) is 0 Å². The van der Waals surface area contributed by atoms with E-state index >= 15 is 0 Å². The Morgan fingerprint density at radius 2 is 2.00 bits per heavy atom. The highest BCUT2D eigenvalue weighted by Crippen LogP contribution is 2.22. The van der Waals surface area contributed by atoms with Gasteiger partial charge in [-0.25, -0.2) is 0 Å². The molecule has 0 rings (SSSR count). The average molecular weight is 186 g/mol. The minimum atomic E-state index is -0.242. The Hall–Kier alpha value is -0.570. The molecule has 0 fully saturated rings. The van der Waals surface area contributed by atoms with E-state index in [1.165, 1.54) is 0 Å². The third-order valence-corrected chi connectivity index (χ3v) is 2.40. The van der Waals surface area contributed by atoms with Gasteiger partial charge in [0.25, 0.3) is 0 Å². The van der Waals surface area contributed by atoms with Gasteiger partial charge in [0.05, 0.1) is 0 Å². The van der Waals surface area contributed by atoms with Crippen LogP contribution in [0.4, 0.5) is 0 Å². The molecule has 78 valence electrons. The first kappa shape index (κ1) is 12.4. The van der Waals surface area contributed by atoms with Crippen molar-refractivity contribution in [1.29, 1.82) is 0 Å². The van der Waals surface area contributed by atoms with Crippen molar-refractivity contribution >= 4 is 5.91 Å². The van der Waals surface area contributed by atoms with Gasteiger partial charge in [-0.1, -0.05) is 13.8 Å². The van der Waals surface area contributed by atoms with Crippen LogP contribution in [0.3, 0.4) is 0 Å². The van der Waals surface area contributed by atoms with Crippen molar-refractivity contribution in [2.75, 3.05) is 27.2 Å². The number of nitrogens with zero attached hydrogens (tertiary/aromatic N) is 1. The smallest absolute Gasteiger partial charge is 0.228 e. The highest BCUT2D eigenvalue weighted by molar-refractivity contribution is 5.81. The fourth-order valence-electron chi connectivity index (χ4n) is 1.20. The van der Waals surface area contributed by atoms with Crippen LogP contribution in [0, 0.1) is 5.41 Å². The molecular formula is C10H22N2O. The van der Waals surface area contributed by atoms with E-state index in [0.29, 0.717) is 0 Å². The number of carbonyl (C=O) groups excluding carboxylic acids is 1. The molecular weight excluding hydrogens is 164 g/mol. The summed E-state index contributed by atoms with van der Waals surface area (Å²) in [6.07, 6.45) is 0.882. The molecule has 0 aromatic carbocycles. The molecule has 0 radical (unpaired) electrons. The third-order valence-electron chi connectivity index (χ3n) is 2.40. The monoisotopic (exact) mass is 186 g/mol. The average Bonchev–Trinajstić information content (AvgIpc) is 2.12. The number of hydrogen-bond acceptors (Lipinski definition) is 2. The summed E-state index contributed by atoms with van der Waals surface area (Å²) in [5.74, 6) is 0.227. The Labute approximate surface area is 81.5 Å². The molecule has 0 spiro atoms. The second-order valence-corrected chi connectivity index (χ2v) is 4.06. The van der Waals surface area contributed by atoms with Gasteiger partial charge in [0, 0.05) is 19.0 Å². The molecule has 1 N–H and O–H groups in total. The van der Waals surface area contributed by atoms with Crippen LogP contribution in [0.25, 0.3) is 0 Å². The van der Waals surface area contributed by atoms with Crippen LogP contribution in [0.5, 0.6) is 0 Å². The molecule has 3 heteroatoms. The van der Waals surface area contributed by atoms with Gasteiger partial charge in [-0.3, -0.25) is 4.79 Å². The first-order chi connectivity index (χ1) is 5.95. The van der Waals surface area contributed by atoms with Crippen LogP contribution in [-0.4, -0.2) is 38.0 Å². The molecule has 0 saturated carbocycles. The van der Waals surface area contributed by atoms with Crippen molar-refractivity contribution in [2.45, 2.75) is 27.2 Å². The molecule has 3 nitrogen and oxygen atoms in total. The van der Waals surface area contributed by atoms with E-state index < -0.39 is 0 Å². The normalized spacial score (nSPS) is 11.5. The lowest BCUT2D eigenvalue weighted by Crippen LogP contribution is -2.39. The van der Waals surface area contributed by atoms with Crippen molar-refractivity contribution < 1.29 is 4.79 Å². The molecule has 0 aromatic heterocycles. The van der Waals surface area contributed by atoms with Gasteiger partial charge in [0.1, 0.15) is 0 Å². The van der Waals surface area contributed by atoms with E-state index in [0.717, 1.165) is 19.5 Å². The van der Waals surface area contributed by atoms with Crippen LogP contribution in [0.15, 0.2) is 0 Å². The Morgan fingerprint density at radius 3 is 2.38 bits per heavy atom. The van der Waals surface area contributed by atoms with Gasteiger partial charge in [0.15, 0.2) is 0 Å². The quantitative estimate of drug-likeness (QED) is 0.697. The van der Waals surface area contributed by atoms with Crippen LogP contribution in [0.2, 0.25) is 0 Å². The Balaban J connectivity index is 4.18. The van der Waals surface area contributed by atoms with Crippen LogP contribution in [0.1, 0.15) is 27.2 Å². The zero-order valence-corrected chi connectivity index (χ0v) is 9.48. The SMILES string of the molecule is CCN(C)C(=O)C(C)(C)CCNC. The van der Waals surface area contributed by atoms with Crippen LogP contribution in [-0.2, 0) is 4.79 Å². The summed E-state index contributed by atoms with van der Waals surface area (Å²) >= 11 is 0. The zero-order chi connectivity index (χ0) is 10.5. The van der Waals surface area contributed by atoms with E-state index in [1.54, 1.807) is 4.90 Å². The first-order valence-electron chi connectivity index (χ1n) is 4.86.